The summed E-state index contributed by atoms with van der Waals surface area (Å²) < 4.78 is 11.7. The largest absolute Gasteiger partial charge is 0.494 e. The van der Waals surface area contributed by atoms with E-state index in [0.717, 1.165) is 29.9 Å². The van der Waals surface area contributed by atoms with Gasteiger partial charge in [0.15, 0.2) is 5.78 Å². The molecule has 1 N–H and O–H groups in total. The first-order valence-corrected chi connectivity index (χ1v) is 12.5. The van der Waals surface area contributed by atoms with Crippen LogP contribution in [0.2, 0.25) is 0 Å². The van der Waals surface area contributed by atoms with Crippen LogP contribution >= 0.6 is 0 Å². The lowest BCUT2D eigenvalue weighted by Gasteiger charge is -2.27. The molecule has 2 aromatic rings. The quantitative estimate of drug-likeness (QED) is 0.320. The van der Waals surface area contributed by atoms with Crippen molar-refractivity contribution in [2.75, 3.05) is 13.2 Å². The molecule has 1 unspecified atom stereocenters. The number of unbranched alkanes of at least 4 members (excludes halogenated alkanes) is 6. The van der Waals surface area contributed by atoms with E-state index in [9.17, 15) is 9.90 Å². The predicted molar refractivity (Wildman–Crippen MR) is 134 cm³/mol. The molecular formula is C29H38O4. The maximum Gasteiger partial charge on any atom is 0.159 e. The van der Waals surface area contributed by atoms with Gasteiger partial charge in [0.1, 0.15) is 17.1 Å². The number of ether oxygens (including phenoxy) is 2. The summed E-state index contributed by atoms with van der Waals surface area (Å²) in [7, 11) is 0. The van der Waals surface area contributed by atoms with Gasteiger partial charge < -0.3 is 14.6 Å². The molecule has 1 aliphatic rings. The first-order chi connectivity index (χ1) is 16.1. The number of aliphatic hydroxyl groups is 1. The molecule has 0 heterocycles. The molecule has 4 nitrogen and oxygen atoms in total. The molecular weight excluding hydrogens is 412 g/mol. The highest BCUT2D eigenvalue weighted by atomic mass is 16.5. The van der Waals surface area contributed by atoms with Crippen molar-refractivity contribution in [3.05, 3.63) is 65.7 Å². The van der Waals surface area contributed by atoms with Crippen LogP contribution in [0, 0.1) is 0 Å². The molecule has 0 aliphatic heterocycles. The highest BCUT2D eigenvalue weighted by Crippen LogP contribution is 2.44. The fourth-order valence-corrected chi connectivity index (χ4v) is 4.25. The summed E-state index contributed by atoms with van der Waals surface area (Å²) in [6.45, 7) is 5.79. The number of carbonyl (C=O) groups is 1. The van der Waals surface area contributed by atoms with Crippen LogP contribution in [0.1, 0.15) is 82.8 Å². The summed E-state index contributed by atoms with van der Waals surface area (Å²) in [5.41, 5.74) is 0.835. The molecule has 33 heavy (non-hydrogen) atoms. The Morgan fingerprint density at radius 1 is 0.758 bits per heavy atom. The summed E-state index contributed by atoms with van der Waals surface area (Å²) in [5.74, 6) is 1.53. The number of benzene rings is 2. The lowest BCUT2D eigenvalue weighted by molar-refractivity contribution is -0.116. The molecule has 1 aliphatic carbocycles. The number of hydrogen-bond acceptors (Lipinski definition) is 4. The molecule has 0 saturated heterocycles. The predicted octanol–water partition coefficient (Wildman–Crippen LogP) is 6.85. The standard InChI is InChI=1S/C29H38O4/c1-3-5-7-9-19-32-26-15-11-23(12-16-26)28-21-25(30)22-29(28,31)24-13-17-27(18-14-24)33-20-10-8-6-4-2/h11-18,21,31H,3-10,19-20,22H2,1-2H3. The van der Waals surface area contributed by atoms with Gasteiger partial charge in [-0.1, -0.05) is 76.6 Å². The molecule has 0 saturated carbocycles. The summed E-state index contributed by atoms with van der Waals surface area (Å²) in [4.78, 5) is 12.3. The number of rotatable bonds is 14. The van der Waals surface area contributed by atoms with E-state index in [1.54, 1.807) is 6.08 Å². The fraction of sp³-hybridized carbons (Fsp3) is 0.483. The zero-order valence-electron chi connectivity index (χ0n) is 20.1. The second-order valence-corrected chi connectivity index (χ2v) is 8.93. The van der Waals surface area contributed by atoms with Gasteiger partial charge in [-0.3, -0.25) is 4.79 Å². The van der Waals surface area contributed by atoms with Gasteiger partial charge in [-0.25, -0.2) is 0 Å². The molecule has 3 rings (SSSR count). The third kappa shape index (κ3) is 6.94. The molecule has 0 fully saturated rings. The van der Waals surface area contributed by atoms with Gasteiger partial charge in [0, 0.05) is 6.42 Å². The van der Waals surface area contributed by atoms with Gasteiger partial charge in [-0.2, -0.15) is 0 Å². The van der Waals surface area contributed by atoms with Gasteiger partial charge in [0.05, 0.1) is 13.2 Å². The smallest absolute Gasteiger partial charge is 0.159 e. The van der Waals surface area contributed by atoms with E-state index in [1.165, 1.54) is 38.5 Å². The Balaban J connectivity index is 1.64. The van der Waals surface area contributed by atoms with Crippen molar-refractivity contribution in [2.45, 2.75) is 77.2 Å². The number of carbonyl (C=O) groups excluding carboxylic acids is 1. The average Bonchev–Trinajstić information content (AvgIpc) is 3.14. The first kappa shape index (κ1) is 25.0. The average molecular weight is 451 g/mol. The van der Waals surface area contributed by atoms with Crippen molar-refractivity contribution < 1.29 is 19.4 Å². The number of hydrogen-bond donors (Lipinski definition) is 1. The maximum absolute atomic E-state index is 12.3. The Morgan fingerprint density at radius 3 is 1.79 bits per heavy atom. The minimum atomic E-state index is -1.33. The van der Waals surface area contributed by atoms with Crippen LogP contribution in [0.15, 0.2) is 54.6 Å². The minimum absolute atomic E-state index is 0.0508. The van der Waals surface area contributed by atoms with Crippen LogP contribution in [0.4, 0.5) is 0 Å². The SMILES string of the molecule is CCCCCCOc1ccc(C2=CC(=O)CC2(O)c2ccc(OCCCCCC)cc2)cc1. The third-order valence-electron chi connectivity index (χ3n) is 6.21. The zero-order valence-corrected chi connectivity index (χ0v) is 20.1. The molecule has 4 heteroatoms. The van der Waals surface area contributed by atoms with E-state index in [4.69, 9.17) is 9.47 Å². The molecule has 0 amide bonds. The van der Waals surface area contributed by atoms with Crippen molar-refractivity contribution in [1.29, 1.82) is 0 Å². The third-order valence-corrected chi connectivity index (χ3v) is 6.21. The monoisotopic (exact) mass is 450 g/mol. The molecule has 178 valence electrons. The van der Waals surface area contributed by atoms with E-state index in [-0.39, 0.29) is 12.2 Å². The molecule has 0 bridgehead atoms. The molecule has 0 spiro atoms. The van der Waals surface area contributed by atoms with Crippen LogP contribution in [-0.4, -0.2) is 24.1 Å². The van der Waals surface area contributed by atoms with Gasteiger partial charge >= 0.3 is 0 Å². The van der Waals surface area contributed by atoms with Crippen LogP contribution in [0.3, 0.4) is 0 Å². The van der Waals surface area contributed by atoms with Crippen LogP contribution < -0.4 is 9.47 Å². The van der Waals surface area contributed by atoms with Crippen LogP contribution in [0.5, 0.6) is 11.5 Å². The molecule has 1 atom stereocenters. The zero-order chi connectivity index (χ0) is 23.5. The Kier molecular flexibility index (Phi) is 9.56. The van der Waals surface area contributed by atoms with E-state index in [1.807, 2.05) is 48.5 Å². The first-order valence-electron chi connectivity index (χ1n) is 12.5. The van der Waals surface area contributed by atoms with E-state index in [0.29, 0.717) is 24.4 Å². The lowest BCUT2D eigenvalue weighted by atomic mass is 9.84. The van der Waals surface area contributed by atoms with Gasteiger partial charge in [-0.15, -0.1) is 0 Å². The van der Waals surface area contributed by atoms with Crippen molar-refractivity contribution >= 4 is 11.4 Å². The van der Waals surface area contributed by atoms with E-state index < -0.39 is 5.60 Å². The highest BCUT2D eigenvalue weighted by Gasteiger charge is 2.41. The van der Waals surface area contributed by atoms with Gasteiger partial charge in [0.25, 0.3) is 0 Å². The Morgan fingerprint density at radius 2 is 1.27 bits per heavy atom. The fourth-order valence-electron chi connectivity index (χ4n) is 4.25. The molecule has 2 aromatic carbocycles. The van der Waals surface area contributed by atoms with E-state index in [2.05, 4.69) is 13.8 Å². The Labute approximate surface area is 198 Å². The van der Waals surface area contributed by atoms with Crippen LogP contribution in [0.25, 0.3) is 5.57 Å². The second-order valence-electron chi connectivity index (χ2n) is 8.93. The summed E-state index contributed by atoms with van der Waals surface area (Å²) in [5, 5.41) is 11.5. The van der Waals surface area contributed by atoms with Gasteiger partial charge in [0.2, 0.25) is 0 Å². The van der Waals surface area contributed by atoms with Gasteiger partial charge in [-0.05, 0) is 59.9 Å². The van der Waals surface area contributed by atoms with Crippen molar-refractivity contribution in [3.63, 3.8) is 0 Å². The Hall–Kier alpha value is -2.59. The molecule has 0 aromatic heterocycles. The van der Waals surface area contributed by atoms with Crippen molar-refractivity contribution in [3.8, 4) is 11.5 Å². The normalized spacial score (nSPS) is 17.8. The summed E-state index contributed by atoms with van der Waals surface area (Å²) in [6, 6.07) is 15.1. The molecule has 0 radical (unpaired) electrons. The maximum atomic E-state index is 12.3. The highest BCUT2D eigenvalue weighted by molar-refractivity contribution is 6.05. The van der Waals surface area contributed by atoms with Crippen LogP contribution in [-0.2, 0) is 10.4 Å². The van der Waals surface area contributed by atoms with Crippen molar-refractivity contribution in [2.24, 2.45) is 0 Å². The lowest BCUT2D eigenvalue weighted by Crippen LogP contribution is -2.25. The van der Waals surface area contributed by atoms with Crippen molar-refractivity contribution in [1.82, 2.24) is 0 Å². The number of ketones is 1. The second kappa shape index (κ2) is 12.6. The van der Waals surface area contributed by atoms with E-state index >= 15 is 0 Å². The topological polar surface area (TPSA) is 55.8 Å². The minimum Gasteiger partial charge on any atom is -0.494 e. The summed E-state index contributed by atoms with van der Waals surface area (Å²) in [6.07, 6.45) is 10.9. The summed E-state index contributed by atoms with van der Waals surface area (Å²) >= 11 is 0. The number of allylic oxidation sites excluding steroid dienone is 1. The Bertz CT molecular complexity index is 898.